The van der Waals surface area contributed by atoms with Crippen LogP contribution >= 0.6 is 0 Å². The molecule has 26 heavy (non-hydrogen) atoms. The molecule has 6 nitrogen and oxygen atoms in total. The van der Waals surface area contributed by atoms with Gasteiger partial charge in [-0.2, -0.15) is 0 Å². The molecule has 0 spiro atoms. The van der Waals surface area contributed by atoms with Gasteiger partial charge in [-0.15, -0.1) is 0 Å². The fourth-order valence-corrected chi connectivity index (χ4v) is 2.36. The minimum Gasteiger partial charge on any atom is -0.493 e. The quantitative estimate of drug-likeness (QED) is 0.772. The van der Waals surface area contributed by atoms with Crippen molar-refractivity contribution in [2.45, 2.75) is 26.5 Å². The Morgan fingerprint density at radius 1 is 1.31 bits per heavy atom. The average Bonchev–Trinajstić information content (AvgIpc) is 2.61. The van der Waals surface area contributed by atoms with Gasteiger partial charge < -0.3 is 20.1 Å². The van der Waals surface area contributed by atoms with Crippen LogP contribution in [0.3, 0.4) is 0 Å². The van der Waals surface area contributed by atoms with Crippen LogP contribution in [0.15, 0.2) is 42.6 Å². The Balaban J connectivity index is 2.12. The van der Waals surface area contributed by atoms with Gasteiger partial charge in [0.05, 0.1) is 13.2 Å². The van der Waals surface area contributed by atoms with Gasteiger partial charge in [0.25, 0.3) is 0 Å². The molecule has 0 saturated heterocycles. The highest BCUT2D eigenvalue weighted by molar-refractivity contribution is 5.91. The van der Waals surface area contributed by atoms with E-state index >= 15 is 0 Å². The number of benzene rings is 1. The van der Waals surface area contributed by atoms with Crippen molar-refractivity contribution < 1.29 is 14.3 Å². The molecule has 2 aromatic rings. The van der Waals surface area contributed by atoms with Gasteiger partial charge in [-0.3, -0.25) is 4.79 Å². The van der Waals surface area contributed by atoms with E-state index in [0.717, 1.165) is 11.1 Å². The van der Waals surface area contributed by atoms with E-state index in [1.807, 2.05) is 38.1 Å². The number of para-hydroxylation sites is 1. The summed E-state index contributed by atoms with van der Waals surface area (Å²) < 4.78 is 11.3. The van der Waals surface area contributed by atoms with E-state index in [1.165, 1.54) is 6.08 Å². The zero-order valence-corrected chi connectivity index (χ0v) is 15.6. The molecule has 6 heteroatoms. The van der Waals surface area contributed by atoms with Crippen molar-refractivity contribution in [1.29, 1.82) is 0 Å². The lowest BCUT2D eigenvalue weighted by Gasteiger charge is -2.21. The first kappa shape index (κ1) is 19.3. The van der Waals surface area contributed by atoms with Gasteiger partial charge >= 0.3 is 0 Å². The largest absolute Gasteiger partial charge is 0.493 e. The van der Waals surface area contributed by atoms with Crippen molar-refractivity contribution in [1.82, 2.24) is 9.88 Å². The summed E-state index contributed by atoms with van der Waals surface area (Å²) in [5, 5.41) is 0. The first-order valence-corrected chi connectivity index (χ1v) is 8.38. The van der Waals surface area contributed by atoms with Gasteiger partial charge in [0, 0.05) is 31.4 Å². The minimum atomic E-state index is -0.125. The number of hydrogen-bond acceptors (Lipinski definition) is 5. The van der Waals surface area contributed by atoms with Gasteiger partial charge in [0.2, 0.25) is 5.91 Å². The van der Waals surface area contributed by atoms with E-state index in [2.05, 4.69) is 4.98 Å². The molecule has 0 unspecified atom stereocenters. The Bertz CT molecular complexity index is 770. The number of amides is 1. The van der Waals surface area contributed by atoms with Gasteiger partial charge in [-0.05, 0) is 43.7 Å². The summed E-state index contributed by atoms with van der Waals surface area (Å²) in [5.74, 6) is 1.64. The lowest BCUT2D eigenvalue weighted by Crippen LogP contribution is -2.24. The maximum atomic E-state index is 12.4. The third-order valence-corrected chi connectivity index (χ3v) is 3.65. The lowest BCUT2D eigenvalue weighted by molar-refractivity contribution is -0.125. The highest BCUT2D eigenvalue weighted by Crippen LogP contribution is 2.32. The maximum absolute atomic E-state index is 12.4. The van der Waals surface area contributed by atoms with E-state index in [4.69, 9.17) is 15.2 Å². The second kappa shape index (κ2) is 8.89. The molecule has 2 N–H and O–H groups in total. The molecular formula is C20H25N3O3. The summed E-state index contributed by atoms with van der Waals surface area (Å²) in [6.45, 7) is 4.31. The number of nitrogens with zero attached hydrogens (tertiary/aromatic N) is 2. The molecule has 0 aliphatic heterocycles. The van der Waals surface area contributed by atoms with Crippen LogP contribution in [0.4, 0.5) is 5.82 Å². The number of ether oxygens (including phenoxy) is 2. The average molecular weight is 355 g/mol. The Morgan fingerprint density at radius 2 is 2.08 bits per heavy atom. The Kier molecular flexibility index (Phi) is 6.60. The summed E-state index contributed by atoms with van der Waals surface area (Å²) in [6, 6.07) is 9.16. The molecule has 1 heterocycles. The van der Waals surface area contributed by atoms with Crippen LogP contribution in [0.25, 0.3) is 6.08 Å². The second-order valence-corrected chi connectivity index (χ2v) is 6.16. The lowest BCUT2D eigenvalue weighted by atomic mass is 10.1. The molecule has 138 valence electrons. The van der Waals surface area contributed by atoms with Gasteiger partial charge in [-0.25, -0.2) is 4.98 Å². The van der Waals surface area contributed by atoms with Crippen molar-refractivity contribution in [3.63, 3.8) is 0 Å². The first-order chi connectivity index (χ1) is 12.4. The molecule has 0 radical (unpaired) electrons. The Morgan fingerprint density at radius 3 is 2.69 bits per heavy atom. The molecule has 0 fully saturated rings. The zero-order valence-electron chi connectivity index (χ0n) is 15.6. The molecule has 1 aromatic heterocycles. The number of aromatic nitrogens is 1. The number of nitrogens with two attached hydrogens (primary N) is 1. The summed E-state index contributed by atoms with van der Waals surface area (Å²) in [6.07, 6.45) is 4.85. The number of carbonyl (C=O) groups is 1. The highest BCUT2D eigenvalue weighted by Gasteiger charge is 2.15. The number of hydrogen-bond donors (Lipinski definition) is 1. The third-order valence-electron chi connectivity index (χ3n) is 3.65. The van der Waals surface area contributed by atoms with E-state index in [-0.39, 0.29) is 12.0 Å². The summed E-state index contributed by atoms with van der Waals surface area (Å²) in [4.78, 5) is 18.0. The molecule has 1 aromatic carbocycles. The number of anilines is 1. The number of pyridine rings is 1. The van der Waals surface area contributed by atoms with E-state index in [1.54, 1.807) is 37.4 Å². The van der Waals surface area contributed by atoms with Gasteiger partial charge in [-0.1, -0.05) is 12.1 Å². The minimum absolute atomic E-state index is 0.00368. The van der Waals surface area contributed by atoms with Crippen molar-refractivity contribution in [3.05, 3.63) is 53.7 Å². The van der Waals surface area contributed by atoms with Crippen LogP contribution in [0, 0.1) is 0 Å². The predicted molar refractivity (Wildman–Crippen MR) is 103 cm³/mol. The highest BCUT2D eigenvalue weighted by atomic mass is 16.5. The molecule has 0 atom stereocenters. The number of carbonyl (C=O) groups excluding carboxylic acids is 1. The Labute approximate surface area is 154 Å². The van der Waals surface area contributed by atoms with Crippen LogP contribution in [0.5, 0.6) is 11.5 Å². The fourth-order valence-electron chi connectivity index (χ4n) is 2.36. The number of methoxy groups -OCH3 is 1. The first-order valence-electron chi connectivity index (χ1n) is 8.38. The topological polar surface area (TPSA) is 77.7 Å². The van der Waals surface area contributed by atoms with Crippen LogP contribution in [0.1, 0.15) is 25.0 Å². The summed E-state index contributed by atoms with van der Waals surface area (Å²) >= 11 is 0. The molecule has 2 rings (SSSR count). The monoisotopic (exact) mass is 355 g/mol. The Hall–Kier alpha value is -3.02. The van der Waals surface area contributed by atoms with Crippen molar-refractivity contribution in [2.75, 3.05) is 19.9 Å². The van der Waals surface area contributed by atoms with E-state index in [0.29, 0.717) is 23.9 Å². The number of likely N-dealkylation sites (N-methyl/N-ethyl adjacent to an activating group) is 1. The van der Waals surface area contributed by atoms with E-state index < -0.39 is 0 Å². The van der Waals surface area contributed by atoms with Crippen LogP contribution in [-0.4, -0.2) is 36.1 Å². The van der Waals surface area contributed by atoms with Crippen LogP contribution in [-0.2, 0) is 11.3 Å². The second-order valence-electron chi connectivity index (χ2n) is 6.16. The van der Waals surface area contributed by atoms with Gasteiger partial charge in [0.15, 0.2) is 11.5 Å². The van der Waals surface area contributed by atoms with Crippen molar-refractivity contribution in [3.8, 4) is 11.5 Å². The SMILES string of the molecule is COc1cccc(CN(C)C(=O)C=Cc2ccc(N)nc2)c1OC(C)C. The normalized spacial score (nSPS) is 11.0. The zero-order chi connectivity index (χ0) is 19.1. The molecular weight excluding hydrogens is 330 g/mol. The maximum Gasteiger partial charge on any atom is 0.246 e. The van der Waals surface area contributed by atoms with E-state index in [9.17, 15) is 4.79 Å². The van der Waals surface area contributed by atoms with Gasteiger partial charge in [0.1, 0.15) is 5.82 Å². The van der Waals surface area contributed by atoms with Crippen LogP contribution in [0.2, 0.25) is 0 Å². The molecule has 0 aliphatic rings. The molecule has 0 aliphatic carbocycles. The predicted octanol–water partition coefficient (Wildman–Crippen LogP) is 3.13. The summed E-state index contributed by atoms with van der Waals surface area (Å²) in [7, 11) is 3.34. The van der Waals surface area contributed by atoms with Crippen molar-refractivity contribution in [2.24, 2.45) is 0 Å². The smallest absolute Gasteiger partial charge is 0.246 e. The standard InChI is InChI=1S/C20H25N3O3/c1-14(2)26-20-16(6-5-7-17(20)25-4)13-23(3)19(24)11-9-15-8-10-18(21)22-12-15/h5-12,14H,13H2,1-4H3,(H2,21,22). The molecule has 0 saturated carbocycles. The fraction of sp³-hybridized carbons (Fsp3) is 0.300. The molecule has 0 bridgehead atoms. The molecule has 1 amide bonds. The number of rotatable bonds is 7. The third kappa shape index (κ3) is 5.24. The van der Waals surface area contributed by atoms with Crippen molar-refractivity contribution >= 4 is 17.8 Å². The summed E-state index contributed by atoms with van der Waals surface area (Å²) in [5.41, 5.74) is 7.25. The number of nitrogen functional groups attached to an aromatic ring is 1. The van der Waals surface area contributed by atoms with Crippen LogP contribution < -0.4 is 15.2 Å².